The summed E-state index contributed by atoms with van der Waals surface area (Å²) in [6, 6.07) is 7.47. The van der Waals surface area contributed by atoms with Crippen molar-refractivity contribution < 1.29 is 9.53 Å². The lowest BCUT2D eigenvalue weighted by molar-refractivity contribution is -0.126. The highest BCUT2D eigenvalue weighted by Crippen LogP contribution is 2.24. The summed E-state index contributed by atoms with van der Waals surface area (Å²) in [4.78, 5) is 12.3. The van der Waals surface area contributed by atoms with Gasteiger partial charge in [-0.1, -0.05) is 25.0 Å². The van der Waals surface area contributed by atoms with E-state index in [1.54, 1.807) is 0 Å². The van der Waals surface area contributed by atoms with Gasteiger partial charge < -0.3 is 15.8 Å². The van der Waals surface area contributed by atoms with E-state index in [9.17, 15) is 4.79 Å². The van der Waals surface area contributed by atoms with E-state index in [0.717, 1.165) is 18.4 Å². The molecular weight excluding hydrogens is 264 g/mol. The van der Waals surface area contributed by atoms with Gasteiger partial charge in [0.25, 0.3) is 0 Å². The molecule has 21 heavy (non-hydrogen) atoms. The molecule has 0 radical (unpaired) electrons. The predicted octanol–water partition coefficient (Wildman–Crippen LogP) is 2.62. The van der Waals surface area contributed by atoms with Crippen LogP contribution in [0.25, 0.3) is 0 Å². The number of hydrogen-bond donors (Lipinski definition) is 2. The van der Waals surface area contributed by atoms with E-state index in [2.05, 4.69) is 5.32 Å². The minimum Gasteiger partial charge on any atom is -0.399 e. The molecule has 1 aromatic rings. The molecule has 4 nitrogen and oxygen atoms in total. The molecule has 0 aromatic heterocycles. The summed E-state index contributed by atoms with van der Waals surface area (Å²) in [5.41, 5.74) is 6.79. The molecule has 0 atom stereocenters. The van der Waals surface area contributed by atoms with Crippen molar-refractivity contribution in [2.24, 2.45) is 0 Å². The number of anilines is 1. The van der Waals surface area contributed by atoms with Crippen LogP contribution in [0.5, 0.6) is 0 Å². The third kappa shape index (κ3) is 4.21. The van der Waals surface area contributed by atoms with Crippen LogP contribution in [-0.4, -0.2) is 25.2 Å². The summed E-state index contributed by atoms with van der Waals surface area (Å²) in [6.07, 6.45) is 5.24. The number of carbonyl (C=O) groups is 1. The normalized spacial score (nSPS) is 16.1. The van der Waals surface area contributed by atoms with Gasteiger partial charge in [-0.25, -0.2) is 0 Å². The maximum Gasteiger partial charge on any atom is 0.230 e. The zero-order valence-electron chi connectivity index (χ0n) is 13.0. The van der Waals surface area contributed by atoms with E-state index in [1.165, 1.54) is 12.8 Å². The standard InChI is InChI=1S/C17H26N2O2/c1-17(2,13-7-9-14(18)10-8-13)16(20)19-11-12-21-15-5-3-4-6-15/h7-10,15H,3-6,11-12,18H2,1-2H3,(H,19,20). The molecule has 0 bridgehead atoms. The Morgan fingerprint density at radius 3 is 2.52 bits per heavy atom. The summed E-state index contributed by atoms with van der Waals surface area (Å²) in [6.45, 7) is 5.00. The van der Waals surface area contributed by atoms with Gasteiger partial charge in [0.2, 0.25) is 5.91 Å². The SMILES string of the molecule is CC(C)(C(=O)NCCOC1CCCC1)c1ccc(N)cc1. The lowest BCUT2D eigenvalue weighted by atomic mass is 9.83. The Balaban J connectivity index is 1.79. The number of carbonyl (C=O) groups excluding carboxylic acids is 1. The predicted molar refractivity (Wildman–Crippen MR) is 85.1 cm³/mol. The molecule has 1 aromatic carbocycles. The molecule has 0 saturated heterocycles. The summed E-state index contributed by atoms with van der Waals surface area (Å²) in [5, 5.41) is 2.96. The second kappa shape index (κ2) is 6.94. The fraction of sp³-hybridized carbons (Fsp3) is 0.588. The van der Waals surface area contributed by atoms with Crippen LogP contribution in [0.4, 0.5) is 5.69 Å². The second-order valence-corrected chi connectivity index (χ2v) is 6.28. The smallest absolute Gasteiger partial charge is 0.230 e. The highest BCUT2D eigenvalue weighted by atomic mass is 16.5. The van der Waals surface area contributed by atoms with Crippen molar-refractivity contribution in [3.8, 4) is 0 Å². The first-order valence-electron chi connectivity index (χ1n) is 7.76. The Kier molecular flexibility index (Phi) is 5.23. The monoisotopic (exact) mass is 290 g/mol. The minimum atomic E-state index is -0.568. The Labute approximate surface area is 127 Å². The quantitative estimate of drug-likeness (QED) is 0.625. The second-order valence-electron chi connectivity index (χ2n) is 6.28. The number of ether oxygens (including phenoxy) is 1. The molecule has 116 valence electrons. The molecule has 4 heteroatoms. The van der Waals surface area contributed by atoms with E-state index in [-0.39, 0.29) is 5.91 Å². The van der Waals surface area contributed by atoms with Crippen molar-refractivity contribution in [2.75, 3.05) is 18.9 Å². The van der Waals surface area contributed by atoms with Gasteiger partial charge in [-0.3, -0.25) is 4.79 Å². The third-order valence-electron chi connectivity index (χ3n) is 4.24. The number of benzene rings is 1. The highest BCUT2D eigenvalue weighted by Gasteiger charge is 2.29. The van der Waals surface area contributed by atoms with Crippen LogP contribution in [0.15, 0.2) is 24.3 Å². The average Bonchev–Trinajstić information content (AvgIpc) is 2.97. The van der Waals surface area contributed by atoms with E-state index >= 15 is 0 Å². The lowest BCUT2D eigenvalue weighted by Gasteiger charge is -2.24. The number of nitrogens with one attached hydrogen (secondary N) is 1. The molecule has 1 aliphatic rings. The van der Waals surface area contributed by atoms with Gasteiger partial charge in [0, 0.05) is 12.2 Å². The van der Waals surface area contributed by atoms with Crippen molar-refractivity contribution in [1.82, 2.24) is 5.32 Å². The highest BCUT2D eigenvalue weighted by molar-refractivity contribution is 5.87. The van der Waals surface area contributed by atoms with Crippen LogP contribution < -0.4 is 11.1 Å². The van der Waals surface area contributed by atoms with Gasteiger partial charge in [0.15, 0.2) is 0 Å². The molecule has 1 aliphatic carbocycles. The van der Waals surface area contributed by atoms with E-state index in [4.69, 9.17) is 10.5 Å². The summed E-state index contributed by atoms with van der Waals surface area (Å²) >= 11 is 0. The van der Waals surface area contributed by atoms with E-state index in [0.29, 0.717) is 24.9 Å². The van der Waals surface area contributed by atoms with Crippen molar-refractivity contribution in [3.63, 3.8) is 0 Å². The van der Waals surface area contributed by atoms with Gasteiger partial charge in [0.05, 0.1) is 18.1 Å². The number of nitrogens with two attached hydrogens (primary N) is 1. The van der Waals surface area contributed by atoms with Gasteiger partial charge in [-0.05, 0) is 44.4 Å². The number of nitrogen functional groups attached to an aromatic ring is 1. The number of rotatable bonds is 6. The summed E-state index contributed by atoms with van der Waals surface area (Å²) in [7, 11) is 0. The molecule has 0 aliphatic heterocycles. The van der Waals surface area contributed by atoms with Crippen LogP contribution in [-0.2, 0) is 14.9 Å². The fourth-order valence-electron chi connectivity index (χ4n) is 2.70. The van der Waals surface area contributed by atoms with Gasteiger partial charge in [-0.2, -0.15) is 0 Å². The molecule has 3 N–H and O–H groups in total. The van der Waals surface area contributed by atoms with Crippen molar-refractivity contribution >= 4 is 11.6 Å². The first-order chi connectivity index (χ1) is 10.00. The van der Waals surface area contributed by atoms with Crippen molar-refractivity contribution in [3.05, 3.63) is 29.8 Å². The van der Waals surface area contributed by atoms with Gasteiger partial charge >= 0.3 is 0 Å². The summed E-state index contributed by atoms with van der Waals surface area (Å²) in [5.74, 6) is 0.0160. The Bertz CT molecular complexity index is 462. The molecule has 0 unspecified atom stereocenters. The molecular formula is C17H26N2O2. The van der Waals surface area contributed by atoms with E-state index in [1.807, 2.05) is 38.1 Å². The average molecular weight is 290 g/mol. The molecule has 0 heterocycles. The number of amides is 1. The number of hydrogen-bond acceptors (Lipinski definition) is 3. The maximum absolute atomic E-state index is 12.3. The van der Waals surface area contributed by atoms with Crippen LogP contribution in [0.1, 0.15) is 45.1 Å². The lowest BCUT2D eigenvalue weighted by Crippen LogP contribution is -2.41. The van der Waals surface area contributed by atoms with Crippen LogP contribution in [0, 0.1) is 0 Å². The van der Waals surface area contributed by atoms with Crippen LogP contribution >= 0.6 is 0 Å². The van der Waals surface area contributed by atoms with Crippen molar-refractivity contribution in [2.45, 2.75) is 51.0 Å². The Morgan fingerprint density at radius 1 is 1.29 bits per heavy atom. The molecule has 1 amide bonds. The largest absolute Gasteiger partial charge is 0.399 e. The zero-order chi connectivity index (χ0) is 15.3. The van der Waals surface area contributed by atoms with Gasteiger partial charge in [-0.15, -0.1) is 0 Å². The molecule has 1 saturated carbocycles. The van der Waals surface area contributed by atoms with E-state index < -0.39 is 5.41 Å². The Hall–Kier alpha value is -1.55. The maximum atomic E-state index is 12.3. The van der Waals surface area contributed by atoms with Crippen LogP contribution in [0.2, 0.25) is 0 Å². The zero-order valence-corrected chi connectivity index (χ0v) is 13.0. The molecule has 2 rings (SSSR count). The fourth-order valence-corrected chi connectivity index (χ4v) is 2.70. The topological polar surface area (TPSA) is 64.3 Å². The molecule has 1 fully saturated rings. The van der Waals surface area contributed by atoms with Crippen LogP contribution in [0.3, 0.4) is 0 Å². The van der Waals surface area contributed by atoms with Crippen molar-refractivity contribution in [1.29, 1.82) is 0 Å². The first-order valence-corrected chi connectivity index (χ1v) is 7.76. The Morgan fingerprint density at radius 2 is 1.90 bits per heavy atom. The third-order valence-corrected chi connectivity index (χ3v) is 4.24. The minimum absolute atomic E-state index is 0.0160. The van der Waals surface area contributed by atoms with Gasteiger partial charge in [0.1, 0.15) is 0 Å². The first kappa shape index (κ1) is 15.8. The molecule has 0 spiro atoms. The summed E-state index contributed by atoms with van der Waals surface area (Å²) < 4.78 is 5.76.